The maximum atomic E-state index is 10.4. The molecule has 158 valence electrons. The number of carbonyl (C=O) groups is 1. The minimum absolute atomic E-state index is 0.345. The fourth-order valence-corrected chi connectivity index (χ4v) is 3.09. The van der Waals surface area contributed by atoms with Crippen LogP contribution < -0.4 is 5.73 Å². The second kappa shape index (κ2) is 24.4. The summed E-state index contributed by atoms with van der Waals surface area (Å²) in [5.74, 6) is 0.271. The first-order valence-corrected chi connectivity index (χ1v) is 11.5. The topological polar surface area (TPSA) is 63.3 Å². The van der Waals surface area contributed by atoms with Gasteiger partial charge >= 0.3 is 5.97 Å². The second-order valence-electron chi connectivity index (χ2n) is 7.80. The second-order valence-corrected chi connectivity index (χ2v) is 7.80. The highest BCUT2D eigenvalue weighted by molar-refractivity contribution is 5.66. The lowest BCUT2D eigenvalue weighted by atomic mass is 9.99. The number of aliphatic carboxylic acids is 1. The van der Waals surface area contributed by atoms with Crippen LogP contribution in [0.4, 0.5) is 0 Å². The smallest absolute Gasteiger partial charge is 0.303 e. The highest BCUT2D eigenvalue weighted by Crippen LogP contribution is 2.16. The summed E-state index contributed by atoms with van der Waals surface area (Å²) >= 11 is 0. The molecule has 1 atom stereocenters. The molecule has 0 aromatic carbocycles. The molecule has 0 aliphatic heterocycles. The minimum Gasteiger partial charge on any atom is -0.481 e. The minimum atomic E-state index is -0.652. The summed E-state index contributed by atoms with van der Waals surface area (Å²) in [7, 11) is 0. The summed E-state index contributed by atoms with van der Waals surface area (Å²) < 4.78 is 0. The quantitative estimate of drug-likeness (QED) is 0.248. The predicted molar refractivity (Wildman–Crippen MR) is 116 cm³/mol. The van der Waals surface area contributed by atoms with Crippen LogP contribution in [0, 0.1) is 5.92 Å². The molecule has 0 spiro atoms. The van der Waals surface area contributed by atoms with Crippen LogP contribution in [0.15, 0.2) is 0 Å². The Kier molecular flexibility index (Phi) is 26.0. The molecule has 3 nitrogen and oxygen atoms in total. The molecule has 0 heterocycles. The molecule has 0 aliphatic rings. The monoisotopic (exact) mass is 371 g/mol. The van der Waals surface area contributed by atoms with Gasteiger partial charge in [-0.2, -0.15) is 0 Å². The van der Waals surface area contributed by atoms with Crippen LogP contribution in [0.3, 0.4) is 0 Å². The number of nitrogens with two attached hydrogens (primary N) is 1. The zero-order valence-electron chi connectivity index (χ0n) is 18.2. The van der Waals surface area contributed by atoms with Crippen molar-refractivity contribution < 1.29 is 9.90 Å². The van der Waals surface area contributed by atoms with Gasteiger partial charge in [-0.05, 0) is 18.9 Å². The fraction of sp³-hybridized carbons (Fsp3) is 0.957. The molecule has 0 radical (unpaired) electrons. The molecule has 0 aliphatic carbocycles. The Hall–Kier alpha value is -0.570. The number of unbranched alkanes of at least 4 members (excludes halogenated alkanes) is 13. The zero-order valence-corrected chi connectivity index (χ0v) is 18.2. The van der Waals surface area contributed by atoms with Gasteiger partial charge in [-0.3, -0.25) is 4.79 Å². The first-order valence-electron chi connectivity index (χ1n) is 11.5. The van der Waals surface area contributed by atoms with E-state index in [0.29, 0.717) is 6.42 Å². The van der Waals surface area contributed by atoms with Crippen molar-refractivity contribution >= 4 is 5.97 Å². The third kappa shape index (κ3) is 28.2. The summed E-state index contributed by atoms with van der Waals surface area (Å²) in [6.07, 6.45) is 21.6. The molecule has 1 unspecified atom stereocenters. The molecule has 3 heteroatoms. The van der Waals surface area contributed by atoms with Gasteiger partial charge in [0.25, 0.3) is 0 Å². The van der Waals surface area contributed by atoms with Crippen molar-refractivity contribution in [3.63, 3.8) is 0 Å². The molecule has 0 amide bonds. The predicted octanol–water partition coefficient (Wildman–Crippen LogP) is 7.32. The van der Waals surface area contributed by atoms with Gasteiger partial charge in [0.2, 0.25) is 0 Å². The molecule has 3 N–H and O–H groups in total. The number of hydrogen-bond acceptors (Lipinski definition) is 2. The SMILES string of the molecule is CCC(C)CCCCCCCCCCCCCCCCC(=O)O.CCN. The summed E-state index contributed by atoms with van der Waals surface area (Å²) in [5, 5.41) is 8.55. The van der Waals surface area contributed by atoms with Crippen LogP contribution in [-0.4, -0.2) is 17.6 Å². The van der Waals surface area contributed by atoms with E-state index in [-0.39, 0.29) is 0 Å². The van der Waals surface area contributed by atoms with E-state index in [4.69, 9.17) is 10.8 Å². The molecule has 0 aromatic rings. The summed E-state index contributed by atoms with van der Waals surface area (Å²) in [4.78, 5) is 10.4. The van der Waals surface area contributed by atoms with Crippen molar-refractivity contribution in [1.29, 1.82) is 0 Å². The van der Waals surface area contributed by atoms with Crippen LogP contribution in [0.2, 0.25) is 0 Å². The van der Waals surface area contributed by atoms with Gasteiger partial charge in [0.1, 0.15) is 0 Å². The van der Waals surface area contributed by atoms with Gasteiger partial charge in [0, 0.05) is 6.42 Å². The molecule has 0 aromatic heterocycles. The number of rotatable bonds is 18. The van der Waals surface area contributed by atoms with Crippen molar-refractivity contribution in [3.8, 4) is 0 Å². The van der Waals surface area contributed by atoms with Crippen LogP contribution >= 0.6 is 0 Å². The van der Waals surface area contributed by atoms with E-state index >= 15 is 0 Å². The van der Waals surface area contributed by atoms with Gasteiger partial charge < -0.3 is 10.8 Å². The van der Waals surface area contributed by atoms with Crippen LogP contribution in [-0.2, 0) is 4.79 Å². The summed E-state index contributed by atoms with van der Waals surface area (Å²) in [6.45, 7) is 7.32. The molecule has 0 rings (SSSR count). The van der Waals surface area contributed by atoms with Crippen LogP contribution in [0.5, 0.6) is 0 Å². The lowest BCUT2D eigenvalue weighted by Crippen LogP contribution is -1.93. The molecule has 0 fully saturated rings. The van der Waals surface area contributed by atoms with E-state index < -0.39 is 5.97 Å². The Morgan fingerprint density at radius 3 is 1.35 bits per heavy atom. The van der Waals surface area contributed by atoms with Gasteiger partial charge in [0.15, 0.2) is 0 Å². The Balaban J connectivity index is 0. The van der Waals surface area contributed by atoms with Gasteiger partial charge in [-0.15, -0.1) is 0 Å². The summed E-state index contributed by atoms with van der Waals surface area (Å²) in [6, 6.07) is 0. The van der Waals surface area contributed by atoms with Crippen LogP contribution in [0.25, 0.3) is 0 Å². The largest absolute Gasteiger partial charge is 0.481 e. The first-order chi connectivity index (χ1) is 12.6. The van der Waals surface area contributed by atoms with Gasteiger partial charge in [-0.25, -0.2) is 0 Å². The van der Waals surface area contributed by atoms with E-state index in [1.54, 1.807) is 0 Å². The van der Waals surface area contributed by atoms with Gasteiger partial charge in [0.05, 0.1) is 0 Å². The Bertz CT molecular complexity index is 269. The van der Waals surface area contributed by atoms with E-state index in [9.17, 15) is 4.79 Å². The maximum Gasteiger partial charge on any atom is 0.303 e. The Morgan fingerprint density at radius 2 is 1.04 bits per heavy atom. The molecule has 26 heavy (non-hydrogen) atoms. The molecule has 0 saturated carbocycles. The van der Waals surface area contributed by atoms with E-state index in [1.807, 2.05) is 6.92 Å². The highest BCUT2D eigenvalue weighted by atomic mass is 16.4. The lowest BCUT2D eigenvalue weighted by molar-refractivity contribution is -0.137. The van der Waals surface area contributed by atoms with Crippen molar-refractivity contribution in [1.82, 2.24) is 0 Å². The third-order valence-corrected chi connectivity index (χ3v) is 5.03. The van der Waals surface area contributed by atoms with Crippen molar-refractivity contribution in [3.05, 3.63) is 0 Å². The Labute approximate surface area is 164 Å². The average Bonchev–Trinajstić information content (AvgIpc) is 2.61. The van der Waals surface area contributed by atoms with E-state index in [0.717, 1.165) is 25.3 Å². The zero-order chi connectivity index (χ0) is 19.9. The van der Waals surface area contributed by atoms with Crippen molar-refractivity contribution in [2.24, 2.45) is 11.7 Å². The average molecular weight is 372 g/mol. The van der Waals surface area contributed by atoms with Crippen molar-refractivity contribution in [2.75, 3.05) is 6.54 Å². The van der Waals surface area contributed by atoms with Gasteiger partial charge in [-0.1, -0.05) is 117 Å². The van der Waals surface area contributed by atoms with E-state index in [2.05, 4.69) is 13.8 Å². The first kappa shape index (κ1) is 27.6. The number of carboxylic acids is 1. The van der Waals surface area contributed by atoms with Crippen LogP contribution in [0.1, 0.15) is 130 Å². The fourth-order valence-electron chi connectivity index (χ4n) is 3.09. The molecular formula is C23H49NO2. The maximum absolute atomic E-state index is 10.4. The van der Waals surface area contributed by atoms with E-state index in [1.165, 1.54) is 89.9 Å². The lowest BCUT2D eigenvalue weighted by Gasteiger charge is -2.07. The number of hydrogen-bond donors (Lipinski definition) is 2. The molecular weight excluding hydrogens is 322 g/mol. The molecule has 0 saturated heterocycles. The summed E-state index contributed by atoms with van der Waals surface area (Å²) in [5.41, 5.74) is 4.85. The number of carboxylic acid groups (broad SMARTS) is 1. The highest BCUT2D eigenvalue weighted by Gasteiger charge is 1.99. The molecule has 0 bridgehead atoms. The normalized spacial score (nSPS) is 11.7. The van der Waals surface area contributed by atoms with Crippen molar-refractivity contribution in [2.45, 2.75) is 130 Å². The Morgan fingerprint density at radius 1 is 0.731 bits per heavy atom. The standard InChI is InChI=1S/C21H42O2.C2H7N/c1-3-20(2)18-16-14-12-10-8-6-4-5-7-9-11-13-15-17-19-21(22)23;1-2-3/h20H,3-19H2,1-2H3,(H,22,23);2-3H2,1H3. The third-order valence-electron chi connectivity index (χ3n) is 5.03.